The van der Waals surface area contributed by atoms with E-state index < -0.39 is 0 Å². The van der Waals surface area contributed by atoms with Gasteiger partial charge in [-0.05, 0) is 18.6 Å². The topological polar surface area (TPSA) is 77.0 Å². The van der Waals surface area contributed by atoms with Crippen LogP contribution in [0.25, 0.3) is 11.0 Å². The SMILES string of the molecule is Cc1nn(C)c2ncc(C(=O)N3C[C@@H](N)[C@H](c4ccccc4)C3)cc12. The maximum atomic E-state index is 12.9. The van der Waals surface area contributed by atoms with Crippen LogP contribution in [0.1, 0.15) is 27.5 Å². The van der Waals surface area contributed by atoms with Gasteiger partial charge >= 0.3 is 0 Å². The second-order valence-corrected chi connectivity index (χ2v) is 6.70. The predicted octanol–water partition coefficient (Wildman–Crippen LogP) is 1.84. The molecule has 6 heteroatoms. The van der Waals surface area contributed by atoms with Crippen LogP contribution in [0.15, 0.2) is 42.6 Å². The first-order valence-corrected chi connectivity index (χ1v) is 8.43. The van der Waals surface area contributed by atoms with Crippen molar-refractivity contribution in [2.45, 2.75) is 18.9 Å². The second kappa shape index (κ2) is 5.97. The van der Waals surface area contributed by atoms with E-state index in [4.69, 9.17) is 5.73 Å². The Kier molecular flexibility index (Phi) is 3.77. The van der Waals surface area contributed by atoms with Gasteiger partial charge in [-0.2, -0.15) is 5.10 Å². The highest BCUT2D eigenvalue weighted by Crippen LogP contribution is 2.28. The van der Waals surface area contributed by atoms with E-state index >= 15 is 0 Å². The summed E-state index contributed by atoms with van der Waals surface area (Å²) in [6.45, 7) is 3.12. The molecule has 6 nitrogen and oxygen atoms in total. The van der Waals surface area contributed by atoms with Crippen LogP contribution in [-0.4, -0.2) is 44.7 Å². The molecule has 2 aromatic heterocycles. The molecule has 3 heterocycles. The van der Waals surface area contributed by atoms with Gasteiger partial charge in [-0.25, -0.2) is 4.98 Å². The maximum absolute atomic E-state index is 12.9. The average Bonchev–Trinajstić information content (AvgIpc) is 3.15. The van der Waals surface area contributed by atoms with Gasteiger partial charge in [0, 0.05) is 43.7 Å². The van der Waals surface area contributed by atoms with Crippen molar-refractivity contribution in [1.29, 1.82) is 0 Å². The third-order valence-corrected chi connectivity index (χ3v) is 4.99. The van der Waals surface area contributed by atoms with Gasteiger partial charge in [0.25, 0.3) is 5.91 Å². The largest absolute Gasteiger partial charge is 0.336 e. The molecule has 0 unspecified atom stereocenters. The van der Waals surface area contributed by atoms with Crippen LogP contribution in [0, 0.1) is 6.92 Å². The van der Waals surface area contributed by atoms with E-state index in [9.17, 15) is 4.79 Å². The quantitative estimate of drug-likeness (QED) is 0.775. The zero-order valence-electron chi connectivity index (χ0n) is 14.4. The predicted molar refractivity (Wildman–Crippen MR) is 96.3 cm³/mol. The molecule has 1 aromatic carbocycles. The lowest BCUT2D eigenvalue weighted by molar-refractivity contribution is 0.0789. The van der Waals surface area contributed by atoms with Crippen LogP contribution < -0.4 is 5.73 Å². The molecule has 0 aliphatic carbocycles. The number of aryl methyl sites for hydroxylation is 2. The number of carbonyl (C=O) groups is 1. The van der Waals surface area contributed by atoms with Gasteiger partial charge in [0.05, 0.1) is 11.3 Å². The zero-order chi connectivity index (χ0) is 17.6. The van der Waals surface area contributed by atoms with Gasteiger partial charge in [-0.15, -0.1) is 0 Å². The standard InChI is InChI=1S/C19H21N5O/c1-12-15-8-14(9-21-18(15)23(2)22-12)19(25)24-10-16(17(20)11-24)13-6-4-3-5-7-13/h3-9,16-17H,10-11,20H2,1-2H3/t16-,17+/m0/s1. The Hall–Kier alpha value is -2.73. The molecule has 0 bridgehead atoms. The van der Waals surface area contributed by atoms with Crippen molar-refractivity contribution < 1.29 is 4.79 Å². The molecule has 1 amide bonds. The van der Waals surface area contributed by atoms with Crippen molar-refractivity contribution in [2.24, 2.45) is 12.8 Å². The number of aromatic nitrogens is 3. The van der Waals surface area contributed by atoms with Crippen molar-refractivity contribution in [1.82, 2.24) is 19.7 Å². The van der Waals surface area contributed by atoms with E-state index in [-0.39, 0.29) is 17.9 Å². The third-order valence-electron chi connectivity index (χ3n) is 4.99. The first-order chi connectivity index (χ1) is 12.0. The average molecular weight is 335 g/mol. The van der Waals surface area contributed by atoms with E-state index in [1.807, 2.05) is 43.1 Å². The Bertz CT molecular complexity index is 934. The van der Waals surface area contributed by atoms with Crippen LogP contribution >= 0.6 is 0 Å². The number of fused-ring (bicyclic) bond motifs is 1. The maximum Gasteiger partial charge on any atom is 0.255 e. The number of nitrogens with two attached hydrogens (primary N) is 1. The summed E-state index contributed by atoms with van der Waals surface area (Å²) in [5.74, 6) is 0.147. The van der Waals surface area contributed by atoms with E-state index in [0.717, 1.165) is 16.7 Å². The molecule has 1 saturated heterocycles. The number of amides is 1. The summed E-state index contributed by atoms with van der Waals surface area (Å²) in [4.78, 5) is 19.2. The van der Waals surface area contributed by atoms with Crippen molar-refractivity contribution in [3.05, 3.63) is 59.4 Å². The van der Waals surface area contributed by atoms with Crippen LogP contribution in [0.5, 0.6) is 0 Å². The van der Waals surface area contributed by atoms with Gasteiger partial charge in [0.1, 0.15) is 0 Å². The van der Waals surface area contributed by atoms with Crippen LogP contribution in [-0.2, 0) is 7.05 Å². The fourth-order valence-electron chi connectivity index (χ4n) is 3.66. The number of benzene rings is 1. The molecule has 4 rings (SSSR count). The van der Waals surface area contributed by atoms with Gasteiger partial charge in [0.15, 0.2) is 5.65 Å². The number of rotatable bonds is 2. The Labute approximate surface area is 146 Å². The lowest BCUT2D eigenvalue weighted by atomic mass is 9.95. The molecule has 0 radical (unpaired) electrons. The Morgan fingerprint density at radius 3 is 2.76 bits per heavy atom. The van der Waals surface area contributed by atoms with Crippen molar-refractivity contribution in [2.75, 3.05) is 13.1 Å². The fourth-order valence-corrected chi connectivity index (χ4v) is 3.66. The number of nitrogens with zero attached hydrogens (tertiary/aromatic N) is 4. The molecule has 1 fully saturated rings. The molecule has 0 spiro atoms. The first kappa shape index (κ1) is 15.8. The molecular formula is C19H21N5O. The number of hydrogen-bond donors (Lipinski definition) is 1. The highest BCUT2D eigenvalue weighted by molar-refractivity contribution is 5.97. The van der Waals surface area contributed by atoms with Gasteiger partial charge < -0.3 is 10.6 Å². The lowest BCUT2D eigenvalue weighted by Crippen LogP contribution is -2.32. The second-order valence-electron chi connectivity index (χ2n) is 6.70. The summed E-state index contributed by atoms with van der Waals surface area (Å²) in [7, 11) is 1.85. The third kappa shape index (κ3) is 2.68. The van der Waals surface area contributed by atoms with Crippen LogP contribution in [0.4, 0.5) is 0 Å². The van der Waals surface area contributed by atoms with E-state index in [2.05, 4.69) is 22.2 Å². The van der Waals surface area contributed by atoms with E-state index in [1.54, 1.807) is 10.9 Å². The molecule has 1 aliphatic heterocycles. The van der Waals surface area contributed by atoms with Gasteiger partial charge in [-0.3, -0.25) is 9.48 Å². The normalized spacial score (nSPS) is 20.4. The minimum Gasteiger partial charge on any atom is -0.336 e. The summed E-state index contributed by atoms with van der Waals surface area (Å²) in [5, 5.41) is 5.27. The molecule has 128 valence electrons. The van der Waals surface area contributed by atoms with Crippen molar-refractivity contribution >= 4 is 16.9 Å². The Balaban J connectivity index is 1.60. The molecule has 2 atom stereocenters. The monoisotopic (exact) mass is 335 g/mol. The Morgan fingerprint density at radius 1 is 1.24 bits per heavy atom. The summed E-state index contributed by atoms with van der Waals surface area (Å²) in [5.41, 5.74) is 9.74. The zero-order valence-corrected chi connectivity index (χ0v) is 14.4. The van der Waals surface area contributed by atoms with Crippen molar-refractivity contribution in [3.63, 3.8) is 0 Å². The smallest absolute Gasteiger partial charge is 0.255 e. The molecule has 0 saturated carbocycles. The number of pyridine rings is 1. The van der Waals surface area contributed by atoms with E-state index in [1.165, 1.54) is 5.56 Å². The minimum absolute atomic E-state index is 0.0217. The Morgan fingerprint density at radius 2 is 2.00 bits per heavy atom. The highest BCUT2D eigenvalue weighted by atomic mass is 16.2. The van der Waals surface area contributed by atoms with Gasteiger partial charge in [-0.1, -0.05) is 30.3 Å². The minimum atomic E-state index is -0.0526. The first-order valence-electron chi connectivity index (χ1n) is 8.43. The summed E-state index contributed by atoms with van der Waals surface area (Å²) in [6.07, 6.45) is 1.63. The number of carbonyl (C=O) groups excluding carboxylic acids is 1. The lowest BCUT2D eigenvalue weighted by Gasteiger charge is -2.16. The molecule has 2 N–H and O–H groups in total. The van der Waals surface area contributed by atoms with Crippen LogP contribution in [0.3, 0.4) is 0 Å². The van der Waals surface area contributed by atoms with E-state index in [0.29, 0.717) is 18.7 Å². The van der Waals surface area contributed by atoms with Crippen molar-refractivity contribution in [3.8, 4) is 0 Å². The van der Waals surface area contributed by atoms with Crippen LogP contribution in [0.2, 0.25) is 0 Å². The molecule has 1 aliphatic rings. The van der Waals surface area contributed by atoms with Gasteiger partial charge in [0.2, 0.25) is 0 Å². The summed E-state index contributed by atoms with van der Waals surface area (Å²) < 4.78 is 1.73. The fraction of sp³-hybridized carbons (Fsp3) is 0.316. The number of hydrogen-bond acceptors (Lipinski definition) is 4. The molecular weight excluding hydrogens is 314 g/mol. The molecule has 3 aromatic rings. The number of likely N-dealkylation sites (tertiary alicyclic amines) is 1. The molecule has 25 heavy (non-hydrogen) atoms. The summed E-state index contributed by atoms with van der Waals surface area (Å²) in [6, 6.07) is 12.0. The summed E-state index contributed by atoms with van der Waals surface area (Å²) >= 11 is 0. The highest BCUT2D eigenvalue weighted by Gasteiger charge is 2.34.